The van der Waals surface area contributed by atoms with Crippen LogP contribution in [0.25, 0.3) is 0 Å². The first-order chi connectivity index (χ1) is 6.61. The average molecular weight is 196 g/mol. The van der Waals surface area contributed by atoms with E-state index in [4.69, 9.17) is 9.84 Å². The summed E-state index contributed by atoms with van der Waals surface area (Å²) < 4.78 is 4.94. The Morgan fingerprint density at radius 3 is 2.57 bits per heavy atom. The molecule has 1 aromatic carbocycles. The van der Waals surface area contributed by atoms with Crippen molar-refractivity contribution in [2.75, 3.05) is 7.11 Å². The molecule has 14 heavy (non-hydrogen) atoms. The fraction of sp³-hybridized carbons (Fsp3) is 0.300. The Balaban J connectivity index is 3.40. The van der Waals surface area contributed by atoms with Gasteiger partial charge in [-0.3, -0.25) is 0 Å². The number of phenolic OH excluding ortho intramolecular Hbond substituents is 1. The lowest BCUT2D eigenvalue weighted by atomic mass is 10.0. The van der Waals surface area contributed by atoms with Crippen LogP contribution in [-0.2, 0) is 6.42 Å². The van der Waals surface area contributed by atoms with Gasteiger partial charge in [-0.2, -0.15) is 0 Å². The molecule has 0 aliphatic rings. The Morgan fingerprint density at radius 1 is 1.50 bits per heavy atom. The highest BCUT2D eigenvalue weighted by Gasteiger charge is 2.16. The molecule has 4 heteroatoms. The lowest BCUT2D eigenvalue weighted by Gasteiger charge is -2.11. The second kappa shape index (κ2) is 4.00. The molecule has 0 atom stereocenters. The normalized spacial score (nSPS) is 9.86. The lowest BCUT2D eigenvalue weighted by molar-refractivity contribution is 0.0695. The van der Waals surface area contributed by atoms with E-state index < -0.39 is 5.97 Å². The van der Waals surface area contributed by atoms with Gasteiger partial charge in [-0.1, -0.05) is 6.92 Å². The summed E-state index contributed by atoms with van der Waals surface area (Å²) >= 11 is 0. The van der Waals surface area contributed by atoms with Gasteiger partial charge in [-0.25, -0.2) is 4.79 Å². The molecule has 0 spiro atoms. The number of hydrogen-bond donors (Lipinski definition) is 2. The van der Waals surface area contributed by atoms with Gasteiger partial charge in [-0.15, -0.1) is 0 Å². The van der Waals surface area contributed by atoms with Crippen molar-refractivity contribution in [2.45, 2.75) is 13.3 Å². The molecule has 0 amide bonds. The Kier molecular flexibility index (Phi) is 2.96. The van der Waals surface area contributed by atoms with Crippen LogP contribution in [0.4, 0.5) is 0 Å². The summed E-state index contributed by atoms with van der Waals surface area (Å²) in [5, 5.41) is 18.3. The van der Waals surface area contributed by atoms with Crippen LogP contribution in [0, 0.1) is 0 Å². The number of methoxy groups -OCH3 is 1. The summed E-state index contributed by atoms with van der Waals surface area (Å²) in [5.74, 6) is -0.804. The van der Waals surface area contributed by atoms with E-state index >= 15 is 0 Å². The quantitative estimate of drug-likeness (QED) is 0.771. The molecule has 76 valence electrons. The predicted molar refractivity (Wildman–Crippen MR) is 51.0 cm³/mol. The van der Waals surface area contributed by atoms with Crippen molar-refractivity contribution in [3.8, 4) is 11.5 Å². The molecule has 0 saturated heterocycles. The molecule has 0 aliphatic heterocycles. The molecule has 4 nitrogen and oxygen atoms in total. The minimum atomic E-state index is -1.01. The maximum Gasteiger partial charge on any atom is 0.336 e. The van der Waals surface area contributed by atoms with E-state index in [0.29, 0.717) is 12.0 Å². The molecule has 2 N–H and O–H groups in total. The van der Waals surface area contributed by atoms with E-state index in [2.05, 4.69) is 0 Å². The van der Waals surface area contributed by atoms with E-state index in [-0.39, 0.29) is 17.1 Å². The van der Waals surface area contributed by atoms with Gasteiger partial charge in [0.05, 0.1) is 12.7 Å². The molecule has 1 aromatic rings. The number of rotatable bonds is 3. The third-order valence-electron chi connectivity index (χ3n) is 2.03. The number of phenols is 1. The molecule has 0 radical (unpaired) electrons. The highest BCUT2D eigenvalue weighted by molar-refractivity contribution is 5.90. The molecule has 0 fully saturated rings. The zero-order valence-electron chi connectivity index (χ0n) is 8.07. The second-order valence-electron chi connectivity index (χ2n) is 2.80. The molecule has 0 unspecified atom stereocenters. The van der Waals surface area contributed by atoms with Crippen LogP contribution in [0.15, 0.2) is 12.1 Å². The maximum absolute atomic E-state index is 10.8. The van der Waals surface area contributed by atoms with E-state index in [1.807, 2.05) is 6.92 Å². The monoisotopic (exact) mass is 196 g/mol. The zero-order valence-corrected chi connectivity index (χ0v) is 8.07. The maximum atomic E-state index is 10.8. The van der Waals surface area contributed by atoms with Gasteiger partial charge < -0.3 is 14.9 Å². The smallest absolute Gasteiger partial charge is 0.336 e. The van der Waals surface area contributed by atoms with Gasteiger partial charge in [0.15, 0.2) is 11.5 Å². The number of carboxylic acids is 1. The molecule has 0 bridgehead atoms. The largest absolute Gasteiger partial charge is 0.504 e. The van der Waals surface area contributed by atoms with Gasteiger partial charge in [0.25, 0.3) is 0 Å². The van der Waals surface area contributed by atoms with Crippen molar-refractivity contribution in [3.05, 3.63) is 23.3 Å². The minimum absolute atomic E-state index is 0.0330. The lowest BCUT2D eigenvalue weighted by Crippen LogP contribution is -2.03. The first-order valence-electron chi connectivity index (χ1n) is 4.24. The van der Waals surface area contributed by atoms with Crippen molar-refractivity contribution in [1.82, 2.24) is 0 Å². The summed E-state index contributed by atoms with van der Waals surface area (Å²) in [7, 11) is 1.40. The number of carbonyl (C=O) groups is 1. The van der Waals surface area contributed by atoms with Crippen LogP contribution in [0.1, 0.15) is 22.8 Å². The summed E-state index contributed by atoms with van der Waals surface area (Å²) in [6.45, 7) is 1.81. The molecule has 0 saturated carbocycles. The summed E-state index contributed by atoms with van der Waals surface area (Å²) in [6.07, 6.45) is 0.499. The summed E-state index contributed by atoms with van der Waals surface area (Å²) in [4.78, 5) is 10.8. The Labute approximate surface area is 81.8 Å². The number of hydrogen-bond acceptors (Lipinski definition) is 3. The Hall–Kier alpha value is -1.71. The topological polar surface area (TPSA) is 66.8 Å². The van der Waals surface area contributed by atoms with Crippen molar-refractivity contribution in [1.29, 1.82) is 0 Å². The molecule has 0 heterocycles. The predicted octanol–water partition coefficient (Wildman–Crippen LogP) is 1.66. The van der Waals surface area contributed by atoms with Crippen molar-refractivity contribution in [3.63, 3.8) is 0 Å². The van der Waals surface area contributed by atoms with E-state index in [0.717, 1.165) is 0 Å². The fourth-order valence-corrected chi connectivity index (χ4v) is 1.39. The van der Waals surface area contributed by atoms with Gasteiger partial charge in [-0.05, 0) is 18.6 Å². The van der Waals surface area contributed by atoms with Crippen LogP contribution in [0.5, 0.6) is 11.5 Å². The van der Waals surface area contributed by atoms with Gasteiger partial charge in [0.1, 0.15) is 0 Å². The number of aromatic hydroxyl groups is 1. The summed E-state index contributed by atoms with van der Waals surface area (Å²) in [5.41, 5.74) is 0.683. The van der Waals surface area contributed by atoms with Gasteiger partial charge in [0, 0.05) is 5.56 Å². The van der Waals surface area contributed by atoms with Crippen molar-refractivity contribution < 1.29 is 19.7 Å². The third-order valence-corrected chi connectivity index (χ3v) is 2.03. The standard InChI is InChI=1S/C10H12O4/c1-3-6-7(10(12)13)4-5-8(11)9(6)14-2/h4-5,11H,3H2,1-2H3,(H,12,13). The Morgan fingerprint density at radius 2 is 2.14 bits per heavy atom. The summed E-state index contributed by atoms with van der Waals surface area (Å²) in [6, 6.07) is 2.69. The first-order valence-corrected chi connectivity index (χ1v) is 4.24. The molecule has 0 aromatic heterocycles. The average Bonchev–Trinajstić information content (AvgIpc) is 2.16. The molecular formula is C10H12O4. The van der Waals surface area contributed by atoms with Crippen LogP contribution >= 0.6 is 0 Å². The molecular weight excluding hydrogens is 184 g/mol. The number of ether oxygens (including phenoxy) is 1. The SMILES string of the molecule is CCc1c(C(=O)O)ccc(O)c1OC. The third kappa shape index (κ3) is 1.64. The fourth-order valence-electron chi connectivity index (χ4n) is 1.39. The zero-order chi connectivity index (χ0) is 10.7. The highest BCUT2D eigenvalue weighted by atomic mass is 16.5. The van der Waals surface area contributed by atoms with Gasteiger partial charge in [0.2, 0.25) is 0 Å². The number of aromatic carboxylic acids is 1. The van der Waals surface area contributed by atoms with Crippen LogP contribution < -0.4 is 4.74 Å². The molecule has 1 rings (SSSR count). The molecule has 0 aliphatic carbocycles. The van der Waals surface area contributed by atoms with Crippen LogP contribution in [0.3, 0.4) is 0 Å². The minimum Gasteiger partial charge on any atom is -0.504 e. The first kappa shape index (κ1) is 10.4. The Bertz CT molecular complexity index is 357. The van der Waals surface area contributed by atoms with E-state index in [9.17, 15) is 9.90 Å². The number of carboxylic acid groups (broad SMARTS) is 1. The number of benzene rings is 1. The van der Waals surface area contributed by atoms with Crippen LogP contribution in [-0.4, -0.2) is 23.3 Å². The van der Waals surface area contributed by atoms with Crippen molar-refractivity contribution >= 4 is 5.97 Å². The highest BCUT2D eigenvalue weighted by Crippen LogP contribution is 2.32. The van der Waals surface area contributed by atoms with E-state index in [1.165, 1.54) is 19.2 Å². The van der Waals surface area contributed by atoms with Gasteiger partial charge >= 0.3 is 5.97 Å². The van der Waals surface area contributed by atoms with E-state index in [1.54, 1.807) is 0 Å². The second-order valence-corrected chi connectivity index (χ2v) is 2.80. The van der Waals surface area contributed by atoms with Crippen molar-refractivity contribution in [2.24, 2.45) is 0 Å². The van der Waals surface area contributed by atoms with Crippen LogP contribution in [0.2, 0.25) is 0 Å².